The highest BCUT2D eigenvalue weighted by Crippen LogP contribution is 2.24. The van der Waals surface area contributed by atoms with Crippen molar-refractivity contribution in [2.45, 2.75) is 32.2 Å². The molecule has 0 saturated carbocycles. The van der Waals surface area contributed by atoms with Gasteiger partial charge in [0.05, 0.1) is 17.2 Å². The number of imide groups is 1. The van der Waals surface area contributed by atoms with Crippen molar-refractivity contribution in [2.24, 2.45) is 5.92 Å². The van der Waals surface area contributed by atoms with Crippen LogP contribution < -0.4 is 5.32 Å². The number of likely N-dealkylation sites (tertiary alicyclic amines) is 1. The number of nitriles is 1. The summed E-state index contributed by atoms with van der Waals surface area (Å²) in [6, 6.07) is 7.51. The molecule has 146 valence electrons. The highest BCUT2D eigenvalue weighted by atomic mass is 16.2. The minimum absolute atomic E-state index is 0.112. The fourth-order valence-electron chi connectivity index (χ4n) is 3.64. The van der Waals surface area contributed by atoms with E-state index in [0.717, 1.165) is 17.7 Å². The zero-order valence-electron chi connectivity index (χ0n) is 15.7. The SMILES string of the molecule is CC(C(=O)NCC1CCN(C(=O)CC#N)CC1)N1C(=O)c2ccccc2C1=O. The van der Waals surface area contributed by atoms with Crippen molar-refractivity contribution in [1.29, 1.82) is 5.26 Å². The Kier molecular flexibility index (Phi) is 5.73. The van der Waals surface area contributed by atoms with Crippen molar-refractivity contribution in [1.82, 2.24) is 15.1 Å². The summed E-state index contributed by atoms with van der Waals surface area (Å²) < 4.78 is 0. The lowest BCUT2D eigenvalue weighted by molar-refractivity contribution is -0.131. The van der Waals surface area contributed by atoms with Crippen molar-refractivity contribution in [3.8, 4) is 6.07 Å². The minimum atomic E-state index is -0.898. The highest BCUT2D eigenvalue weighted by molar-refractivity contribution is 6.22. The Morgan fingerprint density at radius 3 is 2.29 bits per heavy atom. The minimum Gasteiger partial charge on any atom is -0.354 e. The monoisotopic (exact) mass is 382 g/mol. The average molecular weight is 382 g/mol. The molecule has 1 N–H and O–H groups in total. The van der Waals surface area contributed by atoms with Crippen molar-refractivity contribution in [3.63, 3.8) is 0 Å². The van der Waals surface area contributed by atoms with Gasteiger partial charge in [0, 0.05) is 19.6 Å². The van der Waals surface area contributed by atoms with Crippen LogP contribution in [0.5, 0.6) is 0 Å². The first-order valence-corrected chi connectivity index (χ1v) is 9.33. The van der Waals surface area contributed by atoms with E-state index in [1.807, 2.05) is 6.07 Å². The van der Waals surface area contributed by atoms with Crippen LogP contribution in [0, 0.1) is 17.2 Å². The quantitative estimate of drug-likeness (QED) is 0.762. The Hall–Kier alpha value is -3.21. The summed E-state index contributed by atoms with van der Waals surface area (Å²) in [4.78, 5) is 51.9. The molecule has 1 aromatic carbocycles. The third-order valence-electron chi connectivity index (χ3n) is 5.35. The molecule has 2 heterocycles. The normalized spacial score (nSPS) is 17.9. The standard InChI is InChI=1S/C20H22N4O4/c1-13(24-19(27)15-4-2-3-5-16(15)20(24)28)18(26)22-12-14-7-10-23(11-8-14)17(25)6-9-21/h2-5,13-14H,6-8,10-12H2,1H3,(H,22,26). The summed E-state index contributed by atoms with van der Waals surface area (Å²) in [5.41, 5.74) is 0.642. The van der Waals surface area contributed by atoms with Crippen molar-refractivity contribution in [2.75, 3.05) is 19.6 Å². The summed E-state index contributed by atoms with van der Waals surface area (Å²) in [5, 5.41) is 11.4. The van der Waals surface area contributed by atoms with Crippen LogP contribution in [0.2, 0.25) is 0 Å². The molecule has 2 aliphatic rings. The fraction of sp³-hybridized carbons (Fsp3) is 0.450. The topological polar surface area (TPSA) is 111 Å². The van der Waals surface area contributed by atoms with Crippen molar-refractivity contribution >= 4 is 23.6 Å². The Morgan fingerprint density at radius 1 is 1.18 bits per heavy atom. The van der Waals surface area contributed by atoms with Crippen LogP contribution in [0.25, 0.3) is 0 Å². The molecule has 0 spiro atoms. The van der Waals surface area contributed by atoms with Crippen molar-refractivity contribution < 1.29 is 19.2 Å². The average Bonchev–Trinajstić information content (AvgIpc) is 2.97. The number of nitrogens with zero attached hydrogens (tertiary/aromatic N) is 3. The van der Waals surface area contributed by atoms with E-state index >= 15 is 0 Å². The number of carbonyl (C=O) groups is 4. The number of nitrogens with one attached hydrogen (secondary N) is 1. The highest BCUT2D eigenvalue weighted by Gasteiger charge is 2.40. The number of benzene rings is 1. The third-order valence-corrected chi connectivity index (χ3v) is 5.35. The molecule has 1 fully saturated rings. The maximum absolute atomic E-state index is 12.5. The van der Waals surface area contributed by atoms with Gasteiger partial charge in [-0.25, -0.2) is 0 Å². The van der Waals surface area contributed by atoms with Gasteiger partial charge >= 0.3 is 0 Å². The maximum Gasteiger partial charge on any atom is 0.262 e. The molecule has 1 saturated heterocycles. The van der Waals surface area contributed by atoms with Crippen LogP contribution in [0.15, 0.2) is 24.3 Å². The van der Waals surface area contributed by atoms with E-state index in [9.17, 15) is 19.2 Å². The molecule has 2 aliphatic heterocycles. The van der Waals surface area contributed by atoms with E-state index in [1.165, 1.54) is 0 Å². The Balaban J connectivity index is 1.51. The summed E-state index contributed by atoms with van der Waals surface area (Å²) >= 11 is 0. The first-order chi connectivity index (χ1) is 13.4. The number of carbonyl (C=O) groups excluding carboxylic acids is 4. The third kappa shape index (κ3) is 3.74. The molecule has 0 radical (unpaired) electrons. The summed E-state index contributed by atoms with van der Waals surface area (Å²) in [6.07, 6.45) is 1.36. The lowest BCUT2D eigenvalue weighted by Gasteiger charge is -2.32. The van der Waals surface area contributed by atoms with Gasteiger partial charge in [-0.15, -0.1) is 0 Å². The summed E-state index contributed by atoms with van der Waals surface area (Å²) in [6.45, 7) is 3.09. The van der Waals surface area contributed by atoms with Gasteiger partial charge in [0.15, 0.2) is 0 Å². The predicted molar refractivity (Wildman–Crippen MR) is 98.9 cm³/mol. The Morgan fingerprint density at radius 2 is 1.75 bits per heavy atom. The number of hydrogen-bond acceptors (Lipinski definition) is 5. The van der Waals surface area contributed by atoms with Crippen molar-refractivity contribution in [3.05, 3.63) is 35.4 Å². The molecule has 8 nitrogen and oxygen atoms in total. The second kappa shape index (κ2) is 8.21. The predicted octanol–water partition coefficient (Wildman–Crippen LogP) is 0.940. The van der Waals surface area contributed by atoms with Crippen LogP contribution in [-0.2, 0) is 9.59 Å². The second-order valence-corrected chi connectivity index (χ2v) is 7.11. The molecule has 3 rings (SSSR count). The lowest BCUT2D eigenvalue weighted by Crippen LogP contribution is -2.49. The van der Waals surface area contributed by atoms with Gasteiger partial charge in [0.1, 0.15) is 12.5 Å². The molecule has 4 amide bonds. The second-order valence-electron chi connectivity index (χ2n) is 7.11. The first kappa shape index (κ1) is 19.5. The summed E-state index contributed by atoms with van der Waals surface area (Å²) in [7, 11) is 0. The molecule has 0 bridgehead atoms. The number of fused-ring (bicyclic) bond motifs is 1. The van der Waals surface area contributed by atoms with Gasteiger partial charge in [-0.3, -0.25) is 24.1 Å². The lowest BCUT2D eigenvalue weighted by atomic mass is 9.96. The van der Waals surface area contributed by atoms with Crippen LogP contribution in [-0.4, -0.2) is 59.1 Å². The summed E-state index contributed by atoms with van der Waals surface area (Å²) in [5.74, 6) is -1.23. The molecule has 28 heavy (non-hydrogen) atoms. The van der Waals surface area contributed by atoms with E-state index in [2.05, 4.69) is 5.32 Å². The van der Waals surface area contributed by atoms with Crippen LogP contribution in [0.4, 0.5) is 0 Å². The smallest absolute Gasteiger partial charge is 0.262 e. The molecule has 1 aromatic rings. The van der Waals surface area contributed by atoms with E-state index in [4.69, 9.17) is 5.26 Å². The maximum atomic E-state index is 12.5. The van der Waals surface area contributed by atoms with Gasteiger partial charge in [-0.1, -0.05) is 12.1 Å². The molecule has 8 heteroatoms. The van der Waals surface area contributed by atoms with Gasteiger partial charge in [0.2, 0.25) is 11.8 Å². The molecule has 0 aromatic heterocycles. The molecule has 1 atom stereocenters. The van der Waals surface area contributed by atoms with E-state index < -0.39 is 17.9 Å². The first-order valence-electron chi connectivity index (χ1n) is 9.33. The van der Waals surface area contributed by atoms with E-state index in [0.29, 0.717) is 30.8 Å². The fourth-order valence-corrected chi connectivity index (χ4v) is 3.64. The van der Waals surface area contributed by atoms with Crippen LogP contribution in [0.3, 0.4) is 0 Å². The molecular weight excluding hydrogens is 360 g/mol. The molecule has 0 aliphatic carbocycles. The number of amides is 4. The van der Waals surface area contributed by atoms with Gasteiger partial charge in [0.25, 0.3) is 11.8 Å². The number of rotatable bonds is 5. The number of piperidine rings is 1. The zero-order valence-corrected chi connectivity index (χ0v) is 15.7. The van der Waals surface area contributed by atoms with Crippen LogP contribution >= 0.6 is 0 Å². The van der Waals surface area contributed by atoms with Gasteiger partial charge < -0.3 is 10.2 Å². The van der Waals surface area contributed by atoms with Gasteiger partial charge in [-0.2, -0.15) is 5.26 Å². The number of hydrogen-bond donors (Lipinski definition) is 1. The Bertz CT molecular complexity index is 817. The largest absolute Gasteiger partial charge is 0.354 e. The Labute approximate surface area is 163 Å². The molecular formula is C20H22N4O4. The van der Waals surface area contributed by atoms with Gasteiger partial charge in [-0.05, 0) is 37.8 Å². The molecule has 1 unspecified atom stereocenters. The van der Waals surface area contributed by atoms with E-state index in [1.54, 1.807) is 36.1 Å². The van der Waals surface area contributed by atoms with Crippen LogP contribution in [0.1, 0.15) is 46.9 Å². The zero-order chi connectivity index (χ0) is 20.3. The van der Waals surface area contributed by atoms with E-state index in [-0.39, 0.29) is 24.2 Å².